The highest BCUT2D eigenvalue weighted by atomic mass is 32.2. The number of aromatic nitrogens is 5. The third kappa shape index (κ3) is 4.88. The normalized spacial score (nSPS) is 13.5. The van der Waals surface area contributed by atoms with Crippen LogP contribution in [0.2, 0.25) is 0 Å². The van der Waals surface area contributed by atoms with E-state index in [4.69, 9.17) is 18.6 Å². The van der Waals surface area contributed by atoms with E-state index in [2.05, 4.69) is 15.2 Å². The Balaban J connectivity index is 1.59. The van der Waals surface area contributed by atoms with E-state index in [1.165, 1.54) is 21.3 Å². The van der Waals surface area contributed by atoms with Crippen molar-refractivity contribution in [3.05, 3.63) is 78.2 Å². The molecule has 0 saturated heterocycles. The zero-order chi connectivity index (χ0) is 27.7. The van der Waals surface area contributed by atoms with Crippen molar-refractivity contribution in [2.45, 2.75) is 31.0 Å². The summed E-state index contributed by atoms with van der Waals surface area (Å²) in [5.74, 6) is 2.03. The summed E-state index contributed by atoms with van der Waals surface area (Å²) in [6.07, 6.45) is 2.81. The van der Waals surface area contributed by atoms with Crippen LogP contribution >= 0.6 is 0 Å². The minimum atomic E-state index is -3.85. The van der Waals surface area contributed by atoms with Crippen LogP contribution in [0.5, 0.6) is 11.5 Å². The number of furan rings is 1. The molecule has 0 amide bonds. The average Bonchev–Trinajstić information content (AvgIpc) is 3.66. The Labute approximate surface area is 225 Å². The van der Waals surface area contributed by atoms with Gasteiger partial charge in [-0.25, -0.2) is 13.4 Å². The van der Waals surface area contributed by atoms with Gasteiger partial charge in [0.25, 0.3) is 0 Å². The Bertz CT molecular complexity index is 1670. The first-order valence-electron chi connectivity index (χ1n) is 12.2. The number of sulfone groups is 1. The van der Waals surface area contributed by atoms with Crippen molar-refractivity contribution in [2.75, 3.05) is 21.3 Å². The minimum Gasteiger partial charge on any atom is -0.494 e. The molecule has 5 aromatic rings. The zero-order valence-corrected chi connectivity index (χ0v) is 23.0. The van der Waals surface area contributed by atoms with Crippen molar-refractivity contribution in [1.82, 2.24) is 24.1 Å². The van der Waals surface area contributed by atoms with E-state index in [9.17, 15) is 8.42 Å². The Morgan fingerprint density at radius 1 is 0.974 bits per heavy atom. The second kappa shape index (κ2) is 10.5. The Hall–Kier alpha value is -4.16. The number of hydrogen-bond acceptors (Lipinski definition) is 9. The second-order valence-electron chi connectivity index (χ2n) is 9.00. The molecule has 0 aliphatic carbocycles. The van der Waals surface area contributed by atoms with Gasteiger partial charge in [0, 0.05) is 19.5 Å². The third-order valence-corrected chi connectivity index (χ3v) is 8.61. The molecular weight excluding hydrogens is 522 g/mol. The molecule has 4 heterocycles. The van der Waals surface area contributed by atoms with E-state index in [-0.39, 0.29) is 5.82 Å². The van der Waals surface area contributed by atoms with Gasteiger partial charge < -0.3 is 23.0 Å². The number of imidazole rings is 1. The van der Waals surface area contributed by atoms with Crippen molar-refractivity contribution in [3.63, 3.8) is 0 Å². The molecule has 0 aliphatic heterocycles. The van der Waals surface area contributed by atoms with E-state index in [1.807, 2.05) is 35.7 Å². The van der Waals surface area contributed by atoms with Crippen LogP contribution in [0, 0.1) is 6.92 Å². The fourth-order valence-corrected chi connectivity index (χ4v) is 5.99. The molecule has 0 aliphatic rings. The number of ether oxygens (including phenoxy) is 3. The molecule has 0 radical (unpaired) electrons. The van der Waals surface area contributed by atoms with E-state index >= 15 is 0 Å². The Kier molecular flexibility index (Phi) is 7.15. The number of methoxy groups -OCH3 is 3. The maximum absolute atomic E-state index is 13.8. The van der Waals surface area contributed by atoms with Gasteiger partial charge in [0.05, 0.1) is 25.2 Å². The van der Waals surface area contributed by atoms with Crippen LogP contribution in [0.25, 0.3) is 22.9 Å². The first-order chi connectivity index (χ1) is 18.8. The van der Waals surface area contributed by atoms with E-state index in [0.717, 1.165) is 0 Å². The largest absolute Gasteiger partial charge is 0.494 e. The maximum Gasteiger partial charge on any atom is 0.204 e. The highest BCUT2D eigenvalue weighted by Crippen LogP contribution is 2.37. The summed E-state index contributed by atoms with van der Waals surface area (Å²) in [5.41, 5.74) is 1.66. The number of hydrogen-bond donors (Lipinski definition) is 0. The van der Waals surface area contributed by atoms with E-state index in [1.54, 1.807) is 48.0 Å². The molecule has 0 spiro atoms. The van der Waals surface area contributed by atoms with Gasteiger partial charge in [0.15, 0.2) is 21.4 Å². The molecule has 1 aromatic carbocycles. The van der Waals surface area contributed by atoms with Crippen LogP contribution in [0.4, 0.5) is 0 Å². The van der Waals surface area contributed by atoms with Crippen molar-refractivity contribution in [1.29, 1.82) is 0 Å². The van der Waals surface area contributed by atoms with Crippen molar-refractivity contribution < 1.29 is 27.0 Å². The topological polar surface area (TPSA) is 123 Å². The molecule has 0 bridgehead atoms. The number of nitrogens with zero attached hydrogens (tertiary/aromatic N) is 5. The van der Waals surface area contributed by atoms with Crippen molar-refractivity contribution in [2.24, 2.45) is 0 Å². The second-order valence-corrected chi connectivity index (χ2v) is 11.4. The Morgan fingerprint density at radius 2 is 1.72 bits per heavy atom. The lowest BCUT2D eigenvalue weighted by Crippen LogP contribution is -2.29. The summed E-state index contributed by atoms with van der Waals surface area (Å²) < 4.78 is 53.8. The fourth-order valence-electron chi connectivity index (χ4n) is 4.56. The number of pyridine rings is 1. The highest BCUT2D eigenvalue weighted by molar-refractivity contribution is 7.91. The van der Waals surface area contributed by atoms with Gasteiger partial charge in [0.1, 0.15) is 40.5 Å². The first-order valence-corrected chi connectivity index (χ1v) is 13.9. The van der Waals surface area contributed by atoms with Gasteiger partial charge >= 0.3 is 0 Å². The zero-order valence-electron chi connectivity index (χ0n) is 22.2. The third-order valence-electron chi connectivity index (χ3n) is 6.57. The van der Waals surface area contributed by atoms with Crippen LogP contribution in [-0.2, 0) is 20.3 Å². The van der Waals surface area contributed by atoms with Crippen molar-refractivity contribution in [3.8, 4) is 28.8 Å². The fraction of sp³-hybridized carbons (Fsp3) is 0.296. The SMILES string of the molecule is COc1cccc(OC)c1-n1c(CS(=O)(=O)[C@@H](C)[C@H](OC)c2cn3ccccc3n2)nnc1-c1ccc(C)o1. The maximum atomic E-state index is 13.8. The molecule has 12 heteroatoms. The molecule has 39 heavy (non-hydrogen) atoms. The molecule has 5 rings (SSSR count). The van der Waals surface area contributed by atoms with Gasteiger partial charge in [-0.2, -0.15) is 0 Å². The monoisotopic (exact) mass is 551 g/mol. The van der Waals surface area contributed by atoms with Crippen molar-refractivity contribution >= 4 is 15.5 Å². The van der Waals surface area contributed by atoms with E-state index < -0.39 is 26.9 Å². The van der Waals surface area contributed by atoms with E-state index in [0.29, 0.717) is 45.9 Å². The molecule has 0 saturated carbocycles. The lowest BCUT2D eigenvalue weighted by molar-refractivity contribution is 0.0991. The lowest BCUT2D eigenvalue weighted by atomic mass is 10.2. The molecule has 0 fully saturated rings. The van der Waals surface area contributed by atoms with Crippen LogP contribution in [0.15, 0.2) is 65.3 Å². The Morgan fingerprint density at radius 3 is 2.33 bits per heavy atom. The number of benzene rings is 1. The molecule has 11 nitrogen and oxygen atoms in total. The smallest absolute Gasteiger partial charge is 0.204 e. The summed E-state index contributed by atoms with van der Waals surface area (Å²) in [6, 6.07) is 14.4. The quantitative estimate of drug-likeness (QED) is 0.251. The van der Waals surface area contributed by atoms with Crippen LogP contribution in [0.1, 0.15) is 30.3 Å². The summed E-state index contributed by atoms with van der Waals surface area (Å²) in [4.78, 5) is 4.58. The standard InChI is InChI=1S/C27H29N5O6S/c1-17-12-13-22(38-17)27-30-29-24(32(27)25-20(35-3)9-8-10-21(25)36-4)16-39(33,34)18(2)26(37-5)19-15-31-14-7-6-11-23(31)28-19/h6-15,18,26H,16H2,1-5H3/t18-,26-/m0/s1. The van der Waals surface area contributed by atoms with Gasteiger partial charge in [-0.05, 0) is 50.2 Å². The molecular formula is C27H29N5O6S. The summed E-state index contributed by atoms with van der Waals surface area (Å²) in [6.45, 7) is 3.42. The molecule has 0 unspecified atom stereocenters. The number of fused-ring (bicyclic) bond motifs is 1. The van der Waals surface area contributed by atoms with Crippen LogP contribution < -0.4 is 9.47 Å². The molecule has 0 N–H and O–H groups in total. The summed E-state index contributed by atoms with van der Waals surface area (Å²) in [7, 11) is 0.666. The molecule has 4 aromatic heterocycles. The van der Waals surface area contributed by atoms with Crippen LogP contribution in [-0.4, -0.2) is 59.1 Å². The first kappa shape index (κ1) is 26.4. The number of rotatable bonds is 10. The number of para-hydroxylation sites is 1. The van der Waals surface area contributed by atoms with Gasteiger partial charge in [-0.15, -0.1) is 10.2 Å². The summed E-state index contributed by atoms with van der Waals surface area (Å²) in [5, 5.41) is 7.66. The summed E-state index contributed by atoms with van der Waals surface area (Å²) >= 11 is 0. The number of aryl methyl sites for hydroxylation is 1. The highest BCUT2D eigenvalue weighted by Gasteiger charge is 2.35. The predicted octanol–water partition coefficient (Wildman–Crippen LogP) is 4.19. The lowest BCUT2D eigenvalue weighted by Gasteiger charge is -2.22. The van der Waals surface area contributed by atoms with Gasteiger partial charge in [-0.1, -0.05) is 12.1 Å². The van der Waals surface area contributed by atoms with Gasteiger partial charge in [0.2, 0.25) is 5.82 Å². The minimum absolute atomic E-state index is 0.165. The van der Waals surface area contributed by atoms with Crippen LogP contribution in [0.3, 0.4) is 0 Å². The molecule has 204 valence electrons. The predicted molar refractivity (Wildman–Crippen MR) is 144 cm³/mol. The molecule has 2 atom stereocenters. The average molecular weight is 552 g/mol. The van der Waals surface area contributed by atoms with Gasteiger partial charge in [-0.3, -0.25) is 4.57 Å².